The summed E-state index contributed by atoms with van der Waals surface area (Å²) >= 11 is 0. The molecule has 0 aromatic heterocycles. The minimum absolute atomic E-state index is 0.0154. The van der Waals surface area contributed by atoms with E-state index in [1.54, 1.807) is 0 Å². The van der Waals surface area contributed by atoms with E-state index in [1.165, 1.54) is 44.9 Å². The molecule has 0 spiro atoms. The Balaban J connectivity index is 1.65. The van der Waals surface area contributed by atoms with Crippen LogP contribution in [0.15, 0.2) is 0 Å². The number of hydrogen-bond acceptors (Lipinski definition) is 2. The zero-order chi connectivity index (χ0) is 14.8. The van der Waals surface area contributed by atoms with Crippen molar-refractivity contribution in [3.05, 3.63) is 0 Å². The highest BCUT2D eigenvalue weighted by atomic mass is 16.3. The standard InChI is InChI=1S/C19H32O2/c1-18-9-4-3-5-12(18)6-7-13-14(18)8-10-19(2)15(13)11-16(20)17(19)21/h12-17,20-21H,3-11H2,1-2H3/t12-,13?,14?,15?,16-,17+,18+,19+/m1/s1. The normalized spacial score (nSPS) is 60.0. The first-order valence-corrected chi connectivity index (χ1v) is 9.33. The first kappa shape index (κ1) is 14.5. The number of aliphatic hydroxyl groups is 2. The maximum Gasteiger partial charge on any atom is 0.0855 e. The molecule has 0 heterocycles. The van der Waals surface area contributed by atoms with E-state index in [1.807, 2.05) is 0 Å². The topological polar surface area (TPSA) is 40.5 Å². The van der Waals surface area contributed by atoms with E-state index in [4.69, 9.17) is 0 Å². The summed E-state index contributed by atoms with van der Waals surface area (Å²) < 4.78 is 0. The van der Waals surface area contributed by atoms with Gasteiger partial charge in [0.25, 0.3) is 0 Å². The minimum atomic E-state index is -0.486. The SMILES string of the molecule is C[C@]12CCC3C(CC[C@H]4CCCC[C@]34C)C1C[C@@H](O)[C@@H]2O. The molecule has 0 aromatic rings. The van der Waals surface area contributed by atoms with Crippen LogP contribution in [-0.2, 0) is 0 Å². The van der Waals surface area contributed by atoms with Crippen LogP contribution in [-0.4, -0.2) is 22.4 Å². The second kappa shape index (κ2) is 4.71. The van der Waals surface area contributed by atoms with Crippen LogP contribution < -0.4 is 0 Å². The number of aliphatic hydroxyl groups excluding tert-OH is 2. The van der Waals surface area contributed by atoms with E-state index in [-0.39, 0.29) is 5.41 Å². The van der Waals surface area contributed by atoms with Gasteiger partial charge in [0, 0.05) is 0 Å². The minimum Gasteiger partial charge on any atom is -0.390 e. The quantitative estimate of drug-likeness (QED) is 0.714. The molecular weight excluding hydrogens is 260 g/mol. The first-order valence-electron chi connectivity index (χ1n) is 9.33. The molecular formula is C19H32O2. The van der Waals surface area contributed by atoms with Crippen molar-refractivity contribution >= 4 is 0 Å². The fourth-order valence-corrected chi connectivity index (χ4v) is 7.28. The van der Waals surface area contributed by atoms with Crippen molar-refractivity contribution in [2.24, 2.45) is 34.5 Å². The van der Waals surface area contributed by atoms with Gasteiger partial charge in [-0.2, -0.15) is 0 Å². The third-order valence-electron chi connectivity index (χ3n) is 8.56. The highest BCUT2D eigenvalue weighted by Gasteiger charge is 2.61. The van der Waals surface area contributed by atoms with Gasteiger partial charge in [0.05, 0.1) is 12.2 Å². The molecule has 2 N–H and O–H groups in total. The predicted molar refractivity (Wildman–Crippen MR) is 83.7 cm³/mol. The Labute approximate surface area is 129 Å². The predicted octanol–water partition coefficient (Wildman–Crippen LogP) is 3.75. The van der Waals surface area contributed by atoms with Gasteiger partial charge in [-0.3, -0.25) is 0 Å². The van der Waals surface area contributed by atoms with Gasteiger partial charge in [0.15, 0.2) is 0 Å². The Morgan fingerprint density at radius 3 is 2.43 bits per heavy atom. The molecule has 2 heteroatoms. The van der Waals surface area contributed by atoms with Crippen molar-refractivity contribution in [3.8, 4) is 0 Å². The molecule has 4 aliphatic rings. The maximum absolute atomic E-state index is 10.5. The molecule has 4 aliphatic carbocycles. The van der Waals surface area contributed by atoms with Gasteiger partial charge in [0.2, 0.25) is 0 Å². The summed E-state index contributed by atoms with van der Waals surface area (Å²) in [4.78, 5) is 0. The van der Waals surface area contributed by atoms with E-state index in [0.717, 1.165) is 30.6 Å². The zero-order valence-corrected chi connectivity index (χ0v) is 13.7. The molecule has 4 rings (SSSR count). The van der Waals surface area contributed by atoms with Crippen LogP contribution >= 0.6 is 0 Å². The van der Waals surface area contributed by atoms with Gasteiger partial charge in [0.1, 0.15) is 0 Å². The lowest BCUT2D eigenvalue weighted by Crippen LogP contribution is -2.53. The molecule has 4 saturated carbocycles. The molecule has 0 amide bonds. The number of hydrogen-bond donors (Lipinski definition) is 2. The van der Waals surface area contributed by atoms with Gasteiger partial charge in [-0.25, -0.2) is 0 Å². The van der Waals surface area contributed by atoms with Crippen molar-refractivity contribution in [1.29, 1.82) is 0 Å². The Kier molecular flexibility index (Phi) is 3.25. The first-order chi connectivity index (χ1) is 9.97. The van der Waals surface area contributed by atoms with E-state index < -0.39 is 12.2 Å². The maximum atomic E-state index is 10.5. The van der Waals surface area contributed by atoms with Crippen LogP contribution in [0, 0.1) is 34.5 Å². The van der Waals surface area contributed by atoms with Crippen LogP contribution in [0.25, 0.3) is 0 Å². The lowest BCUT2D eigenvalue weighted by atomic mass is 9.45. The Bertz CT molecular complexity index is 422. The lowest BCUT2D eigenvalue weighted by Gasteiger charge is -2.60. The smallest absolute Gasteiger partial charge is 0.0855 e. The average molecular weight is 292 g/mol. The summed E-state index contributed by atoms with van der Waals surface area (Å²) in [6.07, 6.45) is 10.8. The van der Waals surface area contributed by atoms with Crippen LogP contribution in [0.3, 0.4) is 0 Å². The fraction of sp³-hybridized carbons (Fsp3) is 1.00. The molecule has 0 aliphatic heterocycles. The molecule has 3 unspecified atom stereocenters. The third kappa shape index (κ3) is 1.84. The van der Waals surface area contributed by atoms with Crippen LogP contribution in [0.5, 0.6) is 0 Å². The molecule has 2 nitrogen and oxygen atoms in total. The largest absolute Gasteiger partial charge is 0.390 e. The van der Waals surface area contributed by atoms with E-state index >= 15 is 0 Å². The van der Waals surface area contributed by atoms with Crippen LogP contribution in [0.2, 0.25) is 0 Å². The van der Waals surface area contributed by atoms with E-state index in [2.05, 4.69) is 13.8 Å². The third-order valence-corrected chi connectivity index (χ3v) is 8.56. The number of fused-ring (bicyclic) bond motifs is 5. The van der Waals surface area contributed by atoms with Crippen LogP contribution in [0.1, 0.15) is 71.6 Å². The molecule has 0 saturated heterocycles. The lowest BCUT2D eigenvalue weighted by molar-refractivity contribution is -0.123. The average Bonchev–Trinajstić information content (AvgIpc) is 2.70. The molecule has 0 aromatic carbocycles. The highest BCUT2D eigenvalue weighted by Crippen LogP contribution is 2.66. The van der Waals surface area contributed by atoms with Gasteiger partial charge in [-0.15, -0.1) is 0 Å². The summed E-state index contributed by atoms with van der Waals surface area (Å²) in [5.41, 5.74) is 0.541. The number of rotatable bonds is 0. The molecule has 8 atom stereocenters. The van der Waals surface area contributed by atoms with Gasteiger partial charge in [-0.1, -0.05) is 26.7 Å². The van der Waals surface area contributed by atoms with Crippen molar-refractivity contribution in [1.82, 2.24) is 0 Å². The molecule has 0 radical (unpaired) electrons. The van der Waals surface area contributed by atoms with E-state index in [9.17, 15) is 10.2 Å². The monoisotopic (exact) mass is 292 g/mol. The highest BCUT2D eigenvalue weighted by molar-refractivity contribution is 5.10. The fourth-order valence-electron chi connectivity index (χ4n) is 7.28. The zero-order valence-electron chi connectivity index (χ0n) is 13.7. The van der Waals surface area contributed by atoms with Gasteiger partial charge < -0.3 is 10.2 Å². The Hall–Kier alpha value is -0.0800. The van der Waals surface area contributed by atoms with Crippen molar-refractivity contribution < 1.29 is 10.2 Å². The van der Waals surface area contributed by atoms with E-state index in [0.29, 0.717) is 11.3 Å². The summed E-state index contributed by atoms with van der Waals surface area (Å²) in [7, 11) is 0. The van der Waals surface area contributed by atoms with Gasteiger partial charge >= 0.3 is 0 Å². The molecule has 120 valence electrons. The Morgan fingerprint density at radius 1 is 0.810 bits per heavy atom. The molecule has 21 heavy (non-hydrogen) atoms. The second-order valence-electron chi connectivity index (χ2n) is 9.20. The summed E-state index contributed by atoms with van der Waals surface area (Å²) in [6.45, 7) is 4.84. The van der Waals surface area contributed by atoms with Crippen molar-refractivity contribution in [2.75, 3.05) is 0 Å². The summed E-state index contributed by atoms with van der Waals surface area (Å²) in [6, 6.07) is 0. The van der Waals surface area contributed by atoms with Crippen molar-refractivity contribution in [2.45, 2.75) is 83.8 Å². The summed E-state index contributed by atoms with van der Waals surface area (Å²) in [5, 5.41) is 20.7. The van der Waals surface area contributed by atoms with Gasteiger partial charge in [-0.05, 0) is 79.4 Å². The molecule has 0 bridgehead atoms. The Morgan fingerprint density at radius 2 is 1.62 bits per heavy atom. The molecule has 4 fully saturated rings. The van der Waals surface area contributed by atoms with Crippen molar-refractivity contribution in [3.63, 3.8) is 0 Å². The summed E-state index contributed by atoms with van der Waals surface area (Å²) in [5.74, 6) is 3.12. The second-order valence-corrected chi connectivity index (χ2v) is 9.20. The van der Waals surface area contributed by atoms with Crippen LogP contribution in [0.4, 0.5) is 0 Å².